The van der Waals surface area contributed by atoms with Crippen molar-refractivity contribution in [2.45, 2.75) is 12.8 Å². The van der Waals surface area contributed by atoms with E-state index in [0.29, 0.717) is 0 Å². The Kier molecular flexibility index (Phi) is 13.2. The molecule has 1 heterocycles. The van der Waals surface area contributed by atoms with Crippen LogP contribution in [0.4, 0.5) is 0 Å². The van der Waals surface area contributed by atoms with Gasteiger partial charge in [0, 0.05) is 39.3 Å². The van der Waals surface area contributed by atoms with E-state index in [9.17, 15) is 9.13 Å². The molecule has 0 amide bonds. The summed E-state index contributed by atoms with van der Waals surface area (Å²) in [7, 11) is -5.79. The Morgan fingerprint density at radius 2 is 1.17 bits per heavy atom. The van der Waals surface area contributed by atoms with Crippen molar-refractivity contribution in [3.05, 3.63) is 0 Å². The third-order valence-electron chi connectivity index (χ3n) is 3.61. The molecule has 0 aliphatic carbocycles. The van der Waals surface area contributed by atoms with Crippen LogP contribution in [0.1, 0.15) is 12.8 Å². The fraction of sp³-hybridized carbons (Fsp3) is 1.00. The maximum atomic E-state index is 10.7. The van der Waals surface area contributed by atoms with Gasteiger partial charge in [0.1, 0.15) is 13.5 Å². The van der Waals surface area contributed by atoms with Gasteiger partial charge in [-0.05, 0) is 25.9 Å². The average molecular weight is 388 g/mol. The zero-order chi connectivity index (χ0) is 17.6. The molecule has 0 aromatic carbocycles. The van der Waals surface area contributed by atoms with Crippen molar-refractivity contribution in [1.29, 1.82) is 0 Å². The number of nitrogens with zero attached hydrogens (tertiary/aromatic N) is 2. The first-order valence-corrected chi connectivity index (χ1v) is 10.7. The van der Waals surface area contributed by atoms with Crippen LogP contribution in [-0.4, -0.2) is 85.4 Å². The lowest BCUT2D eigenvalue weighted by atomic mass is 10.3. The van der Waals surface area contributed by atoms with Crippen molar-refractivity contribution in [2.75, 3.05) is 65.8 Å². The SMILES string of the molecule is O=[PH](O)OCN1CCCNCCN(CO[PH](=O)O)CCCNCC1. The van der Waals surface area contributed by atoms with Gasteiger partial charge in [-0.2, -0.15) is 0 Å². The van der Waals surface area contributed by atoms with Crippen LogP contribution in [0.5, 0.6) is 0 Å². The van der Waals surface area contributed by atoms with Gasteiger partial charge in [-0.15, -0.1) is 0 Å². The molecule has 1 saturated heterocycles. The molecule has 1 aliphatic rings. The molecule has 0 aromatic heterocycles. The lowest BCUT2D eigenvalue weighted by Gasteiger charge is -2.24. The van der Waals surface area contributed by atoms with Gasteiger partial charge < -0.3 is 20.4 Å². The second-order valence-electron chi connectivity index (χ2n) is 5.52. The molecule has 0 saturated carbocycles. The second kappa shape index (κ2) is 14.3. The van der Waals surface area contributed by atoms with E-state index in [1.807, 2.05) is 9.80 Å². The van der Waals surface area contributed by atoms with Crippen molar-refractivity contribution in [2.24, 2.45) is 0 Å². The minimum Gasteiger partial charge on any atom is -0.326 e. The van der Waals surface area contributed by atoms with Crippen LogP contribution in [0.2, 0.25) is 0 Å². The quantitative estimate of drug-likeness (QED) is 0.433. The first-order chi connectivity index (χ1) is 11.6. The number of rotatable bonds is 6. The molecule has 0 aromatic rings. The van der Waals surface area contributed by atoms with Crippen molar-refractivity contribution in [3.63, 3.8) is 0 Å². The summed E-state index contributed by atoms with van der Waals surface area (Å²) in [6.07, 6.45) is 1.80. The zero-order valence-corrected chi connectivity index (χ0v) is 15.9. The highest BCUT2D eigenvalue weighted by Crippen LogP contribution is 2.15. The maximum absolute atomic E-state index is 10.7. The Balaban J connectivity index is 2.35. The van der Waals surface area contributed by atoms with E-state index in [-0.39, 0.29) is 13.5 Å². The van der Waals surface area contributed by atoms with Gasteiger partial charge in [-0.1, -0.05) is 0 Å². The fourth-order valence-electron chi connectivity index (χ4n) is 2.35. The Bertz CT molecular complexity index is 329. The van der Waals surface area contributed by atoms with Gasteiger partial charge in [0.15, 0.2) is 0 Å². The molecule has 24 heavy (non-hydrogen) atoms. The molecule has 12 heteroatoms. The fourth-order valence-corrected chi connectivity index (χ4v) is 2.94. The first-order valence-electron chi connectivity index (χ1n) is 8.15. The minimum atomic E-state index is -2.89. The molecule has 0 radical (unpaired) electrons. The lowest BCUT2D eigenvalue weighted by molar-refractivity contribution is 0.113. The van der Waals surface area contributed by atoms with Crippen LogP contribution < -0.4 is 10.6 Å². The Hall–Kier alpha value is 0.140. The molecule has 10 nitrogen and oxygen atoms in total. The minimum absolute atomic E-state index is 0.168. The summed E-state index contributed by atoms with van der Waals surface area (Å²) < 4.78 is 31.0. The summed E-state index contributed by atoms with van der Waals surface area (Å²) in [5, 5.41) is 6.65. The van der Waals surface area contributed by atoms with Crippen molar-refractivity contribution < 1.29 is 28.0 Å². The monoisotopic (exact) mass is 388 g/mol. The smallest absolute Gasteiger partial charge is 0.317 e. The van der Waals surface area contributed by atoms with Crippen LogP contribution in [0.15, 0.2) is 0 Å². The van der Waals surface area contributed by atoms with Gasteiger partial charge in [-0.3, -0.25) is 28.0 Å². The second-order valence-corrected chi connectivity index (χ2v) is 7.16. The van der Waals surface area contributed by atoms with Crippen LogP contribution >= 0.6 is 16.5 Å². The highest BCUT2D eigenvalue weighted by molar-refractivity contribution is 7.32. The summed E-state index contributed by atoms with van der Waals surface area (Å²) in [6, 6.07) is 0. The predicted molar refractivity (Wildman–Crippen MR) is 92.5 cm³/mol. The summed E-state index contributed by atoms with van der Waals surface area (Å²) >= 11 is 0. The van der Waals surface area contributed by atoms with Crippen LogP contribution in [0.25, 0.3) is 0 Å². The highest BCUT2D eigenvalue weighted by Gasteiger charge is 2.09. The summed E-state index contributed by atoms with van der Waals surface area (Å²) in [4.78, 5) is 21.6. The molecule has 144 valence electrons. The third-order valence-corrected chi connectivity index (χ3v) is 4.36. The van der Waals surface area contributed by atoms with E-state index in [0.717, 1.165) is 65.2 Å². The molecule has 1 fully saturated rings. The highest BCUT2D eigenvalue weighted by atomic mass is 31.1. The van der Waals surface area contributed by atoms with Crippen molar-refractivity contribution >= 4 is 16.5 Å². The summed E-state index contributed by atoms with van der Waals surface area (Å²) in [5.74, 6) is 0. The van der Waals surface area contributed by atoms with Crippen LogP contribution in [0, 0.1) is 0 Å². The van der Waals surface area contributed by atoms with E-state index in [4.69, 9.17) is 18.8 Å². The molecule has 2 atom stereocenters. The van der Waals surface area contributed by atoms with E-state index < -0.39 is 16.5 Å². The van der Waals surface area contributed by atoms with E-state index in [2.05, 4.69) is 10.6 Å². The van der Waals surface area contributed by atoms with Gasteiger partial charge in [-0.25, -0.2) is 0 Å². The van der Waals surface area contributed by atoms with Gasteiger partial charge in [0.25, 0.3) is 0 Å². The maximum Gasteiger partial charge on any atom is 0.317 e. The summed E-state index contributed by atoms with van der Waals surface area (Å²) in [5.41, 5.74) is 0. The molecule has 0 bridgehead atoms. The number of hydrogen-bond donors (Lipinski definition) is 4. The van der Waals surface area contributed by atoms with E-state index in [1.54, 1.807) is 0 Å². The standard InChI is InChI=1S/C12H30N4O6P2/c17-23(18)21-11-15-7-1-3-13-5-10-16(12-22-24(19)20)8-2-4-14-6-9-15/h13-14,23-24H,1-12H2,(H,17,18)(H,19,20). The Labute approximate surface area is 144 Å². The van der Waals surface area contributed by atoms with Gasteiger partial charge in [0.2, 0.25) is 0 Å². The molecule has 1 aliphatic heterocycles. The molecule has 2 unspecified atom stereocenters. The van der Waals surface area contributed by atoms with Crippen molar-refractivity contribution in [3.8, 4) is 0 Å². The number of hydrogen-bond acceptors (Lipinski definition) is 8. The molecular weight excluding hydrogens is 358 g/mol. The molecular formula is C12H30N4O6P2. The Morgan fingerprint density at radius 1 is 0.750 bits per heavy atom. The largest absolute Gasteiger partial charge is 0.326 e. The number of nitrogens with one attached hydrogen (secondary N) is 2. The predicted octanol–water partition coefficient (Wildman–Crippen LogP) is -0.724. The van der Waals surface area contributed by atoms with Gasteiger partial charge in [0.05, 0.1) is 0 Å². The summed E-state index contributed by atoms with van der Waals surface area (Å²) in [6.45, 7) is 6.57. The van der Waals surface area contributed by atoms with Gasteiger partial charge >= 0.3 is 16.5 Å². The topological polar surface area (TPSA) is 124 Å². The third kappa shape index (κ3) is 12.5. The van der Waals surface area contributed by atoms with Crippen LogP contribution in [-0.2, 0) is 18.2 Å². The van der Waals surface area contributed by atoms with Crippen molar-refractivity contribution in [1.82, 2.24) is 20.4 Å². The Morgan fingerprint density at radius 3 is 1.54 bits per heavy atom. The molecule has 1 rings (SSSR count). The molecule has 0 spiro atoms. The normalized spacial score (nSPS) is 23.4. The average Bonchev–Trinajstić information content (AvgIpc) is 2.53. The van der Waals surface area contributed by atoms with E-state index in [1.165, 1.54) is 0 Å². The first kappa shape index (κ1) is 22.2. The van der Waals surface area contributed by atoms with E-state index >= 15 is 0 Å². The van der Waals surface area contributed by atoms with Crippen LogP contribution in [0.3, 0.4) is 0 Å². The lowest BCUT2D eigenvalue weighted by Crippen LogP contribution is -2.39. The molecule has 4 N–H and O–H groups in total. The zero-order valence-electron chi connectivity index (χ0n) is 13.9.